The molecule has 1 saturated heterocycles. The van der Waals surface area contributed by atoms with Gasteiger partial charge in [-0.25, -0.2) is 0 Å². The lowest BCUT2D eigenvalue weighted by molar-refractivity contribution is -0.186. The van der Waals surface area contributed by atoms with Gasteiger partial charge in [-0.3, -0.25) is 0 Å². The van der Waals surface area contributed by atoms with Gasteiger partial charge in [-0.1, -0.05) is 20.8 Å². The summed E-state index contributed by atoms with van der Waals surface area (Å²) in [6.45, 7) is 13.7. The molecule has 1 spiro atoms. The van der Waals surface area contributed by atoms with Crippen LogP contribution in [0.3, 0.4) is 0 Å². The van der Waals surface area contributed by atoms with Crippen molar-refractivity contribution in [2.24, 2.45) is 11.8 Å². The molecule has 2 rings (SSSR count). The van der Waals surface area contributed by atoms with Crippen molar-refractivity contribution in [1.82, 2.24) is 0 Å². The Morgan fingerprint density at radius 2 is 1.73 bits per heavy atom. The van der Waals surface area contributed by atoms with Crippen molar-refractivity contribution in [3.05, 3.63) is 0 Å². The molecule has 5 heteroatoms. The van der Waals surface area contributed by atoms with Crippen molar-refractivity contribution in [2.75, 3.05) is 26.4 Å². The average molecular weight is 331 g/mol. The molecule has 1 aliphatic heterocycles. The van der Waals surface area contributed by atoms with Crippen LogP contribution >= 0.6 is 0 Å². The minimum absolute atomic E-state index is 0.216. The van der Waals surface area contributed by atoms with E-state index in [9.17, 15) is 5.11 Å². The Balaban J connectivity index is 1.85. The van der Waals surface area contributed by atoms with Gasteiger partial charge in [0, 0.05) is 32.0 Å². The van der Waals surface area contributed by atoms with Gasteiger partial charge >= 0.3 is 0 Å². The predicted molar refractivity (Wildman–Crippen MR) is 90.3 cm³/mol. The maximum atomic E-state index is 9.81. The van der Waals surface area contributed by atoms with Gasteiger partial charge in [0.1, 0.15) is 0 Å². The SMILES string of the molecule is CC(C)(C)[Si](C)(C)OCC(CO)C1CCC2(CC1)OCCO2. The number of hydrogen-bond acceptors (Lipinski definition) is 4. The molecule has 1 N–H and O–H groups in total. The number of aliphatic hydroxyl groups excluding tert-OH is 1. The molecule has 1 unspecified atom stereocenters. The third kappa shape index (κ3) is 4.12. The quantitative estimate of drug-likeness (QED) is 0.783. The summed E-state index contributed by atoms with van der Waals surface area (Å²) in [5.74, 6) is 0.456. The summed E-state index contributed by atoms with van der Waals surface area (Å²) in [5, 5.41) is 10.0. The zero-order valence-electron chi connectivity index (χ0n) is 15.0. The molecule has 0 aromatic carbocycles. The van der Waals surface area contributed by atoms with E-state index in [1.54, 1.807) is 0 Å². The lowest BCUT2D eigenvalue weighted by atomic mass is 9.78. The van der Waals surface area contributed by atoms with Crippen LogP contribution in [0.4, 0.5) is 0 Å². The van der Waals surface area contributed by atoms with Gasteiger partial charge in [0.2, 0.25) is 0 Å². The lowest BCUT2D eigenvalue weighted by Crippen LogP contribution is -2.44. The van der Waals surface area contributed by atoms with Gasteiger partial charge in [0.25, 0.3) is 0 Å². The fraction of sp³-hybridized carbons (Fsp3) is 1.00. The average Bonchev–Trinajstić information content (AvgIpc) is 2.88. The van der Waals surface area contributed by atoms with Crippen LogP contribution in [0.1, 0.15) is 46.5 Å². The first-order valence-corrected chi connectivity index (χ1v) is 11.6. The molecule has 0 aromatic heterocycles. The first-order valence-electron chi connectivity index (χ1n) is 8.72. The van der Waals surface area contributed by atoms with E-state index in [0.717, 1.165) is 38.9 Å². The van der Waals surface area contributed by atoms with Crippen molar-refractivity contribution in [3.63, 3.8) is 0 Å². The van der Waals surface area contributed by atoms with Gasteiger partial charge in [-0.05, 0) is 36.9 Å². The van der Waals surface area contributed by atoms with Gasteiger partial charge in [-0.15, -0.1) is 0 Å². The molecule has 4 nitrogen and oxygen atoms in total. The van der Waals surface area contributed by atoms with Gasteiger partial charge < -0.3 is 19.0 Å². The van der Waals surface area contributed by atoms with Crippen LogP contribution in [0, 0.1) is 11.8 Å². The third-order valence-electron chi connectivity index (χ3n) is 5.97. The first-order chi connectivity index (χ1) is 10.2. The van der Waals surface area contributed by atoms with E-state index < -0.39 is 8.32 Å². The Kier molecular flexibility index (Phi) is 5.76. The highest BCUT2D eigenvalue weighted by atomic mass is 28.4. The third-order valence-corrected chi connectivity index (χ3v) is 10.5. The summed E-state index contributed by atoms with van der Waals surface area (Å²) in [7, 11) is -1.74. The standard InChI is InChI=1S/C17H34O4Si/c1-16(2,3)22(4,5)21-13-15(12-18)14-6-8-17(9-7-14)19-10-11-20-17/h14-15,18H,6-13H2,1-5H3. The Morgan fingerprint density at radius 1 is 1.18 bits per heavy atom. The normalized spacial score (nSPS) is 24.8. The number of hydrogen-bond donors (Lipinski definition) is 1. The maximum absolute atomic E-state index is 9.81. The highest BCUT2D eigenvalue weighted by Gasteiger charge is 2.43. The molecule has 1 aliphatic carbocycles. The van der Waals surface area contributed by atoms with Crippen molar-refractivity contribution >= 4 is 8.32 Å². The zero-order chi connectivity index (χ0) is 16.4. The van der Waals surface area contributed by atoms with E-state index in [-0.39, 0.29) is 23.4 Å². The number of rotatable bonds is 5. The van der Waals surface area contributed by atoms with Crippen molar-refractivity contribution in [2.45, 2.75) is 70.4 Å². The number of aliphatic hydroxyl groups is 1. The van der Waals surface area contributed by atoms with Crippen molar-refractivity contribution < 1.29 is 19.0 Å². The van der Waals surface area contributed by atoms with Crippen molar-refractivity contribution in [1.29, 1.82) is 0 Å². The number of ether oxygens (including phenoxy) is 2. The molecule has 1 heterocycles. The summed E-state index contributed by atoms with van der Waals surface area (Å²) >= 11 is 0. The van der Waals surface area contributed by atoms with Crippen LogP contribution in [0.2, 0.25) is 18.1 Å². The summed E-state index contributed by atoms with van der Waals surface area (Å²) < 4.78 is 17.9. The topological polar surface area (TPSA) is 47.9 Å². The lowest BCUT2D eigenvalue weighted by Gasteiger charge is -2.40. The molecule has 0 bridgehead atoms. The fourth-order valence-corrected chi connectivity index (χ4v) is 4.27. The maximum Gasteiger partial charge on any atom is 0.191 e. The summed E-state index contributed by atoms with van der Waals surface area (Å²) in [6, 6.07) is 0. The van der Waals surface area contributed by atoms with E-state index in [1.165, 1.54) is 0 Å². The van der Waals surface area contributed by atoms with Gasteiger partial charge in [0.05, 0.1) is 13.2 Å². The monoisotopic (exact) mass is 330 g/mol. The Morgan fingerprint density at radius 3 is 2.18 bits per heavy atom. The molecule has 22 heavy (non-hydrogen) atoms. The molecule has 0 amide bonds. The largest absolute Gasteiger partial charge is 0.416 e. The van der Waals surface area contributed by atoms with Crippen LogP contribution in [0.5, 0.6) is 0 Å². The second kappa shape index (κ2) is 6.89. The van der Waals surface area contributed by atoms with Crippen LogP contribution < -0.4 is 0 Å². The smallest absolute Gasteiger partial charge is 0.191 e. The molecular formula is C17H34O4Si. The van der Waals surface area contributed by atoms with Crippen molar-refractivity contribution in [3.8, 4) is 0 Å². The van der Waals surface area contributed by atoms with Crippen LogP contribution in [0.15, 0.2) is 0 Å². The zero-order valence-corrected chi connectivity index (χ0v) is 16.0. The predicted octanol–water partition coefficient (Wildman–Crippen LogP) is 3.55. The summed E-state index contributed by atoms with van der Waals surface area (Å²) in [4.78, 5) is 0. The highest BCUT2D eigenvalue weighted by molar-refractivity contribution is 6.74. The Bertz CT molecular complexity index is 348. The molecule has 1 saturated carbocycles. The molecule has 2 aliphatic rings. The fourth-order valence-electron chi connectivity index (χ4n) is 3.21. The van der Waals surface area contributed by atoms with Crippen LogP contribution in [0.25, 0.3) is 0 Å². The van der Waals surface area contributed by atoms with Crippen LogP contribution in [-0.4, -0.2) is 45.6 Å². The van der Waals surface area contributed by atoms with E-state index >= 15 is 0 Å². The molecule has 0 radical (unpaired) electrons. The summed E-state index contributed by atoms with van der Waals surface area (Å²) in [5.41, 5.74) is 0. The van der Waals surface area contributed by atoms with E-state index in [4.69, 9.17) is 13.9 Å². The van der Waals surface area contributed by atoms with Gasteiger partial charge in [0.15, 0.2) is 14.1 Å². The Hall–Kier alpha value is 0.0569. The molecular weight excluding hydrogens is 296 g/mol. The van der Waals surface area contributed by atoms with E-state index in [1.807, 2.05) is 0 Å². The highest BCUT2D eigenvalue weighted by Crippen LogP contribution is 2.42. The summed E-state index contributed by atoms with van der Waals surface area (Å²) in [6.07, 6.45) is 4.03. The Labute approximate surface area is 136 Å². The van der Waals surface area contributed by atoms with Crippen LogP contribution in [-0.2, 0) is 13.9 Å². The molecule has 0 aromatic rings. The second-order valence-corrected chi connectivity index (χ2v) is 13.3. The second-order valence-electron chi connectivity index (χ2n) is 8.46. The minimum Gasteiger partial charge on any atom is -0.416 e. The molecule has 130 valence electrons. The minimum atomic E-state index is -1.74. The molecule has 1 atom stereocenters. The molecule has 2 fully saturated rings. The van der Waals surface area contributed by atoms with E-state index in [2.05, 4.69) is 33.9 Å². The van der Waals surface area contributed by atoms with E-state index in [0.29, 0.717) is 12.5 Å². The van der Waals surface area contributed by atoms with Gasteiger partial charge in [-0.2, -0.15) is 0 Å². The first kappa shape index (κ1) is 18.4.